The number of hydrogen-bond donors (Lipinski definition) is 1. The van der Waals surface area contributed by atoms with Gasteiger partial charge in [-0.25, -0.2) is 0 Å². The first kappa shape index (κ1) is 14.0. The van der Waals surface area contributed by atoms with Crippen LogP contribution >= 0.6 is 0 Å². The monoisotopic (exact) mass is 298 g/mol. The fourth-order valence-electron chi connectivity index (χ4n) is 2.74. The Hall–Kier alpha value is -1.96. The Bertz CT molecular complexity index is 573. The topological polar surface area (TPSA) is 57.6 Å². The molecule has 1 aromatic rings. The molecule has 0 bridgehead atoms. The molecule has 8 heteroatoms. The average Bonchev–Trinajstić information content (AvgIpc) is 2.78. The van der Waals surface area contributed by atoms with Crippen molar-refractivity contribution in [3.05, 3.63) is 30.1 Å². The molecule has 0 aromatic carbocycles. The Morgan fingerprint density at radius 3 is 2.86 bits per heavy atom. The number of amides is 1. The smallest absolute Gasteiger partial charge is 0.312 e. The van der Waals surface area contributed by atoms with Crippen LogP contribution in [-0.2, 0) is 11.2 Å². The van der Waals surface area contributed by atoms with Crippen molar-refractivity contribution in [3.63, 3.8) is 0 Å². The van der Waals surface area contributed by atoms with Gasteiger partial charge in [0.2, 0.25) is 0 Å². The van der Waals surface area contributed by atoms with Crippen molar-refractivity contribution in [1.29, 1.82) is 0 Å². The molecule has 3 rings (SSSR count). The Morgan fingerprint density at radius 1 is 1.38 bits per heavy atom. The van der Waals surface area contributed by atoms with Gasteiger partial charge in [-0.05, 0) is 12.1 Å². The first-order valence-electron chi connectivity index (χ1n) is 6.58. The minimum absolute atomic E-state index is 0.303. The average molecular weight is 298 g/mol. The highest BCUT2D eigenvalue weighted by Gasteiger charge is 2.52. The molecule has 2 atom stereocenters. The summed E-state index contributed by atoms with van der Waals surface area (Å²) in [5.41, 5.74) is 1.03. The summed E-state index contributed by atoms with van der Waals surface area (Å²) >= 11 is 0. The number of rotatable bonds is 2. The molecule has 1 aromatic heterocycles. The summed E-state index contributed by atoms with van der Waals surface area (Å²) in [6.45, 7) is 0.506. The van der Waals surface area contributed by atoms with Crippen LogP contribution in [0.4, 0.5) is 13.2 Å². The van der Waals surface area contributed by atoms with Gasteiger partial charge in [-0.2, -0.15) is 5.10 Å². The lowest BCUT2D eigenvalue weighted by Gasteiger charge is -2.29. The fraction of sp³-hybridized carbons (Fsp3) is 0.462. The van der Waals surface area contributed by atoms with Gasteiger partial charge in [0.25, 0.3) is 5.91 Å². The standard InChI is InChI=1S/C13H13F3N4O/c14-13(15,16)20-12(21)11-9(19-20)4-6-18-10(11)7-8-3-1-2-5-17-8/h1-3,5,10-11,18H,4,6-7H2/t10-,11?/m1/s1. The number of nitrogens with one attached hydrogen (secondary N) is 1. The van der Waals surface area contributed by atoms with Crippen LogP contribution < -0.4 is 5.32 Å². The van der Waals surface area contributed by atoms with Gasteiger partial charge in [-0.15, -0.1) is 18.2 Å². The number of piperidine rings is 1. The van der Waals surface area contributed by atoms with Crippen molar-refractivity contribution < 1.29 is 18.0 Å². The van der Waals surface area contributed by atoms with Crippen LogP contribution in [-0.4, -0.2) is 40.5 Å². The van der Waals surface area contributed by atoms with Gasteiger partial charge >= 0.3 is 6.30 Å². The molecule has 1 fully saturated rings. The van der Waals surface area contributed by atoms with Gasteiger partial charge in [0.1, 0.15) is 0 Å². The molecular formula is C13H13F3N4O. The van der Waals surface area contributed by atoms with Crippen molar-refractivity contribution in [3.8, 4) is 0 Å². The minimum atomic E-state index is -4.77. The molecule has 5 nitrogen and oxygen atoms in total. The molecule has 0 saturated carbocycles. The maximum atomic E-state index is 12.8. The molecule has 112 valence electrons. The zero-order valence-electron chi connectivity index (χ0n) is 11.0. The van der Waals surface area contributed by atoms with Gasteiger partial charge in [0, 0.05) is 37.3 Å². The van der Waals surface area contributed by atoms with Crippen LogP contribution in [0.5, 0.6) is 0 Å². The first-order valence-corrected chi connectivity index (χ1v) is 6.58. The van der Waals surface area contributed by atoms with Crippen LogP contribution in [0.2, 0.25) is 0 Å². The number of fused-ring (bicyclic) bond motifs is 1. The SMILES string of the molecule is O=C1C2C(=NN1C(F)(F)F)CCN[C@@H]2Cc1ccccn1. The van der Waals surface area contributed by atoms with E-state index in [4.69, 9.17) is 0 Å². The largest absolute Gasteiger partial charge is 0.507 e. The number of carbonyl (C=O) groups is 1. The number of aromatic nitrogens is 1. The summed E-state index contributed by atoms with van der Waals surface area (Å²) in [7, 11) is 0. The molecule has 1 N–H and O–H groups in total. The molecule has 0 radical (unpaired) electrons. The van der Waals surface area contributed by atoms with E-state index in [2.05, 4.69) is 15.4 Å². The quantitative estimate of drug-likeness (QED) is 0.838. The summed E-state index contributed by atoms with van der Waals surface area (Å²) in [6, 6.07) is 4.94. The number of hydrogen-bond acceptors (Lipinski definition) is 4. The van der Waals surface area contributed by atoms with Crippen LogP contribution in [0.15, 0.2) is 29.5 Å². The number of hydrazone groups is 1. The van der Waals surface area contributed by atoms with Gasteiger partial charge in [-0.3, -0.25) is 9.78 Å². The molecule has 2 aliphatic rings. The van der Waals surface area contributed by atoms with E-state index >= 15 is 0 Å². The van der Waals surface area contributed by atoms with Gasteiger partial charge in [-0.1, -0.05) is 6.07 Å². The Kier molecular flexibility index (Phi) is 3.40. The highest BCUT2D eigenvalue weighted by atomic mass is 19.4. The van der Waals surface area contributed by atoms with Crippen molar-refractivity contribution >= 4 is 11.6 Å². The van der Waals surface area contributed by atoms with Crippen molar-refractivity contribution in [2.75, 3.05) is 6.54 Å². The molecule has 3 heterocycles. The first-order chi connectivity index (χ1) is 9.97. The number of pyridine rings is 1. The van der Waals surface area contributed by atoms with Crippen LogP contribution in [0.1, 0.15) is 12.1 Å². The lowest BCUT2D eigenvalue weighted by atomic mass is 9.86. The van der Waals surface area contributed by atoms with Gasteiger partial charge in [0.05, 0.1) is 11.6 Å². The number of nitrogens with zero attached hydrogens (tertiary/aromatic N) is 3. The molecule has 1 saturated heterocycles. The van der Waals surface area contributed by atoms with Gasteiger partial charge in [0.15, 0.2) is 0 Å². The lowest BCUT2D eigenvalue weighted by Crippen LogP contribution is -2.51. The summed E-state index contributed by atoms with van der Waals surface area (Å²) in [5, 5.41) is 6.23. The maximum absolute atomic E-state index is 12.8. The number of halogens is 3. The lowest BCUT2D eigenvalue weighted by molar-refractivity contribution is -0.239. The number of carbonyl (C=O) groups excluding carboxylic acids is 1. The summed E-state index contributed by atoms with van der Waals surface area (Å²) in [6.07, 6.45) is -2.41. The minimum Gasteiger partial charge on any atom is -0.312 e. The molecule has 2 aliphatic heterocycles. The van der Waals surface area contributed by atoms with E-state index in [0.717, 1.165) is 5.69 Å². The highest BCUT2D eigenvalue weighted by Crippen LogP contribution is 2.33. The Labute approximate surface area is 118 Å². The van der Waals surface area contributed by atoms with E-state index in [1.165, 1.54) is 0 Å². The third-order valence-corrected chi connectivity index (χ3v) is 3.65. The molecule has 21 heavy (non-hydrogen) atoms. The normalized spacial score (nSPS) is 25.8. The zero-order chi connectivity index (χ0) is 15.0. The molecule has 0 aliphatic carbocycles. The Morgan fingerprint density at radius 2 is 2.19 bits per heavy atom. The second-order valence-electron chi connectivity index (χ2n) is 5.02. The van der Waals surface area contributed by atoms with E-state index < -0.39 is 24.2 Å². The van der Waals surface area contributed by atoms with Crippen molar-refractivity contribution in [2.45, 2.75) is 25.2 Å². The van der Waals surface area contributed by atoms with Crippen molar-refractivity contribution in [2.24, 2.45) is 11.0 Å². The number of alkyl halides is 3. The van der Waals surface area contributed by atoms with Crippen molar-refractivity contribution in [1.82, 2.24) is 15.3 Å². The van der Waals surface area contributed by atoms with E-state index in [1.807, 2.05) is 0 Å². The van der Waals surface area contributed by atoms with E-state index in [0.29, 0.717) is 25.1 Å². The summed E-state index contributed by atoms with van der Waals surface area (Å²) in [5.74, 6) is -1.87. The van der Waals surface area contributed by atoms with E-state index in [1.54, 1.807) is 24.4 Å². The van der Waals surface area contributed by atoms with E-state index in [9.17, 15) is 18.0 Å². The molecule has 0 spiro atoms. The van der Waals surface area contributed by atoms with E-state index in [-0.39, 0.29) is 5.01 Å². The second-order valence-corrected chi connectivity index (χ2v) is 5.02. The Balaban J connectivity index is 1.82. The predicted octanol–water partition coefficient (Wildman–Crippen LogP) is 1.32. The third-order valence-electron chi connectivity index (χ3n) is 3.65. The predicted molar refractivity (Wildman–Crippen MR) is 68.2 cm³/mol. The fourth-order valence-corrected chi connectivity index (χ4v) is 2.74. The summed E-state index contributed by atoms with van der Waals surface area (Å²) in [4.78, 5) is 16.2. The van der Waals surface area contributed by atoms with Crippen LogP contribution in [0.3, 0.4) is 0 Å². The van der Waals surface area contributed by atoms with Crippen LogP contribution in [0.25, 0.3) is 0 Å². The van der Waals surface area contributed by atoms with Crippen LogP contribution in [0, 0.1) is 5.92 Å². The second kappa shape index (κ2) is 5.10. The molecule has 1 amide bonds. The summed E-state index contributed by atoms with van der Waals surface area (Å²) < 4.78 is 38.3. The molecule has 1 unspecified atom stereocenters. The third kappa shape index (κ3) is 2.63. The highest BCUT2D eigenvalue weighted by molar-refractivity contribution is 6.09. The zero-order valence-corrected chi connectivity index (χ0v) is 11.0. The van der Waals surface area contributed by atoms with Gasteiger partial charge < -0.3 is 5.32 Å². The molecular weight excluding hydrogens is 285 g/mol. The maximum Gasteiger partial charge on any atom is 0.507 e.